The van der Waals surface area contributed by atoms with Crippen molar-refractivity contribution in [3.63, 3.8) is 0 Å². The highest BCUT2D eigenvalue weighted by atomic mass is 32.2. The zero-order valence-corrected chi connectivity index (χ0v) is 17.1. The Balaban J connectivity index is 1.72. The molecule has 1 aliphatic rings. The molecule has 1 aromatic carbocycles. The Kier molecular flexibility index (Phi) is 7.92. The van der Waals surface area contributed by atoms with E-state index in [0.29, 0.717) is 25.7 Å². The van der Waals surface area contributed by atoms with Gasteiger partial charge in [0.15, 0.2) is 0 Å². The van der Waals surface area contributed by atoms with Crippen molar-refractivity contribution in [1.29, 1.82) is 0 Å². The van der Waals surface area contributed by atoms with Crippen LogP contribution in [-0.2, 0) is 21.3 Å². The van der Waals surface area contributed by atoms with Gasteiger partial charge in [-0.1, -0.05) is 32.9 Å². The lowest BCUT2D eigenvalue weighted by atomic mass is 9.99. The summed E-state index contributed by atoms with van der Waals surface area (Å²) in [4.78, 5) is 0. The number of hydrogen-bond donors (Lipinski definition) is 1. The third-order valence-electron chi connectivity index (χ3n) is 4.24. The number of benzene rings is 1. The molecule has 26 heavy (non-hydrogen) atoms. The van der Waals surface area contributed by atoms with Gasteiger partial charge in [-0.15, -0.1) is 0 Å². The largest absolute Gasteiger partial charge is 0.490 e. The highest BCUT2D eigenvalue weighted by Crippen LogP contribution is 2.24. The van der Waals surface area contributed by atoms with Gasteiger partial charge in [0.05, 0.1) is 18.5 Å². The fourth-order valence-electron chi connectivity index (χ4n) is 2.92. The maximum atomic E-state index is 12.1. The van der Waals surface area contributed by atoms with Gasteiger partial charge in [0.25, 0.3) is 0 Å². The van der Waals surface area contributed by atoms with Gasteiger partial charge in [-0.2, -0.15) is 0 Å². The fraction of sp³-hybridized carbons (Fsp3) is 0.700. The number of rotatable bonds is 10. The SMILES string of the molecule is CC(C)(C)COCCCS(=O)(=O)NCc1cccc(OC2CCCC2)c1. The summed E-state index contributed by atoms with van der Waals surface area (Å²) in [7, 11) is -3.30. The van der Waals surface area contributed by atoms with Crippen molar-refractivity contribution in [2.45, 2.75) is 65.5 Å². The van der Waals surface area contributed by atoms with Crippen LogP contribution in [0.15, 0.2) is 24.3 Å². The Morgan fingerprint density at radius 2 is 1.92 bits per heavy atom. The van der Waals surface area contributed by atoms with E-state index in [9.17, 15) is 8.42 Å². The van der Waals surface area contributed by atoms with Crippen LogP contribution in [0.25, 0.3) is 0 Å². The predicted octanol–water partition coefficient (Wildman–Crippen LogP) is 3.88. The lowest BCUT2D eigenvalue weighted by molar-refractivity contribution is 0.0720. The van der Waals surface area contributed by atoms with E-state index in [1.165, 1.54) is 12.8 Å². The molecule has 1 aromatic rings. The maximum absolute atomic E-state index is 12.1. The average Bonchev–Trinajstić information content (AvgIpc) is 3.05. The molecule has 1 saturated carbocycles. The third-order valence-corrected chi connectivity index (χ3v) is 5.65. The zero-order valence-electron chi connectivity index (χ0n) is 16.3. The van der Waals surface area contributed by atoms with E-state index in [1.807, 2.05) is 24.3 Å². The normalized spacial score (nSPS) is 16.1. The van der Waals surface area contributed by atoms with Gasteiger partial charge in [0.2, 0.25) is 10.0 Å². The van der Waals surface area contributed by atoms with Gasteiger partial charge in [-0.3, -0.25) is 0 Å². The fourth-order valence-corrected chi connectivity index (χ4v) is 3.95. The number of hydrogen-bond acceptors (Lipinski definition) is 4. The monoisotopic (exact) mass is 383 g/mol. The summed E-state index contributed by atoms with van der Waals surface area (Å²) in [5, 5.41) is 0. The molecule has 1 N–H and O–H groups in total. The van der Waals surface area contributed by atoms with Gasteiger partial charge in [0, 0.05) is 13.2 Å². The zero-order chi connectivity index (χ0) is 19.0. The molecule has 0 unspecified atom stereocenters. The van der Waals surface area contributed by atoms with Crippen LogP contribution in [0, 0.1) is 5.41 Å². The summed E-state index contributed by atoms with van der Waals surface area (Å²) in [5.41, 5.74) is 1.01. The first-order valence-corrected chi connectivity index (χ1v) is 11.2. The van der Waals surface area contributed by atoms with Gasteiger partial charge in [-0.05, 0) is 55.2 Å². The first kappa shape index (κ1) is 21.2. The number of sulfonamides is 1. The molecule has 0 bridgehead atoms. The van der Waals surface area contributed by atoms with Gasteiger partial charge in [0.1, 0.15) is 5.75 Å². The van der Waals surface area contributed by atoms with Crippen LogP contribution in [0.1, 0.15) is 58.4 Å². The Bertz CT molecular complexity index is 646. The minimum atomic E-state index is -3.30. The molecule has 0 radical (unpaired) electrons. The summed E-state index contributed by atoms with van der Waals surface area (Å²) in [6.45, 7) is 7.66. The standard InChI is InChI=1S/C20H33NO4S/c1-20(2,3)16-24-12-7-13-26(22,23)21-15-17-8-6-11-19(14-17)25-18-9-4-5-10-18/h6,8,11,14,18,21H,4-5,7,9-10,12-13,15-16H2,1-3H3. The van der Waals surface area contributed by atoms with Crippen LogP contribution >= 0.6 is 0 Å². The Labute approximate surface area is 158 Å². The van der Waals surface area contributed by atoms with Gasteiger partial charge in [-0.25, -0.2) is 13.1 Å². The molecule has 5 nitrogen and oxygen atoms in total. The molecular formula is C20H33NO4S. The molecule has 0 saturated heterocycles. The Morgan fingerprint density at radius 3 is 2.62 bits per heavy atom. The van der Waals surface area contributed by atoms with E-state index in [-0.39, 0.29) is 17.7 Å². The van der Waals surface area contributed by atoms with Crippen LogP contribution in [0.4, 0.5) is 0 Å². The molecule has 0 heterocycles. The minimum absolute atomic E-state index is 0.0788. The molecule has 1 fully saturated rings. The summed E-state index contributed by atoms with van der Waals surface area (Å²) in [6, 6.07) is 7.68. The highest BCUT2D eigenvalue weighted by Gasteiger charge is 2.17. The topological polar surface area (TPSA) is 64.6 Å². The summed E-state index contributed by atoms with van der Waals surface area (Å²) in [5.74, 6) is 0.902. The Hall–Kier alpha value is -1.11. The lowest BCUT2D eigenvalue weighted by Gasteiger charge is -2.17. The van der Waals surface area contributed by atoms with Crippen LogP contribution in [0.3, 0.4) is 0 Å². The molecule has 1 aliphatic carbocycles. The summed E-state index contributed by atoms with van der Waals surface area (Å²) in [6.07, 6.45) is 5.46. The average molecular weight is 384 g/mol. The number of nitrogens with one attached hydrogen (secondary N) is 1. The molecule has 0 spiro atoms. The molecule has 0 aliphatic heterocycles. The van der Waals surface area contributed by atoms with Crippen LogP contribution in [0.2, 0.25) is 0 Å². The molecule has 0 aromatic heterocycles. The second-order valence-corrected chi connectivity index (χ2v) is 10.2. The molecule has 0 amide bonds. The Morgan fingerprint density at radius 1 is 1.19 bits per heavy atom. The van der Waals surface area contributed by atoms with Crippen molar-refractivity contribution >= 4 is 10.0 Å². The smallest absolute Gasteiger partial charge is 0.211 e. The van der Waals surface area contributed by atoms with Gasteiger partial charge < -0.3 is 9.47 Å². The van der Waals surface area contributed by atoms with Crippen molar-refractivity contribution in [3.05, 3.63) is 29.8 Å². The van der Waals surface area contributed by atoms with Crippen molar-refractivity contribution in [2.24, 2.45) is 5.41 Å². The van der Waals surface area contributed by atoms with E-state index < -0.39 is 10.0 Å². The molecule has 0 atom stereocenters. The van der Waals surface area contributed by atoms with E-state index in [2.05, 4.69) is 25.5 Å². The quantitative estimate of drug-likeness (QED) is 0.623. The lowest BCUT2D eigenvalue weighted by Crippen LogP contribution is -2.27. The maximum Gasteiger partial charge on any atom is 0.211 e. The first-order chi connectivity index (χ1) is 12.2. The first-order valence-electron chi connectivity index (χ1n) is 9.54. The van der Waals surface area contributed by atoms with Crippen molar-refractivity contribution < 1.29 is 17.9 Å². The van der Waals surface area contributed by atoms with Crippen LogP contribution in [0.5, 0.6) is 5.75 Å². The number of ether oxygens (including phenoxy) is 2. The summed E-state index contributed by atoms with van der Waals surface area (Å²) < 4.78 is 38.4. The van der Waals surface area contributed by atoms with Crippen LogP contribution in [-0.4, -0.2) is 33.5 Å². The predicted molar refractivity (Wildman–Crippen MR) is 105 cm³/mol. The van der Waals surface area contributed by atoms with E-state index in [4.69, 9.17) is 9.47 Å². The highest BCUT2D eigenvalue weighted by molar-refractivity contribution is 7.89. The van der Waals surface area contributed by atoms with Crippen molar-refractivity contribution in [1.82, 2.24) is 4.72 Å². The van der Waals surface area contributed by atoms with E-state index in [1.54, 1.807) is 0 Å². The second-order valence-electron chi connectivity index (χ2n) is 8.28. The van der Waals surface area contributed by atoms with E-state index in [0.717, 1.165) is 24.2 Å². The molecule has 148 valence electrons. The third kappa shape index (κ3) is 8.52. The van der Waals surface area contributed by atoms with Crippen LogP contribution < -0.4 is 9.46 Å². The second kappa shape index (κ2) is 9.72. The van der Waals surface area contributed by atoms with Crippen molar-refractivity contribution in [2.75, 3.05) is 19.0 Å². The molecule has 6 heteroatoms. The minimum Gasteiger partial charge on any atom is -0.490 e. The summed E-state index contributed by atoms with van der Waals surface area (Å²) >= 11 is 0. The van der Waals surface area contributed by atoms with Gasteiger partial charge >= 0.3 is 0 Å². The van der Waals surface area contributed by atoms with Crippen molar-refractivity contribution in [3.8, 4) is 5.75 Å². The molecular weight excluding hydrogens is 350 g/mol. The van der Waals surface area contributed by atoms with E-state index >= 15 is 0 Å². The molecule has 2 rings (SSSR count).